The number of nitrogens with zero attached hydrogens (tertiary/aromatic N) is 1. The minimum atomic E-state index is -0.207. The van der Waals surface area contributed by atoms with Crippen molar-refractivity contribution in [1.29, 1.82) is 0 Å². The van der Waals surface area contributed by atoms with Gasteiger partial charge in [-0.15, -0.1) is 0 Å². The van der Waals surface area contributed by atoms with Crippen LogP contribution in [-0.2, 0) is 4.79 Å². The average Bonchev–Trinajstić information content (AvgIpc) is 3.12. The molecule has 126 valence electrons. The number of benzene rings is 1. The molecule has 0 spiro atoms. The van der Waals surface area contributed by atoms with Crippen molar-refractivity contribution in [3.63, 3.8) is 0 Å². The normalized spacial score (nSPS) is 21.3. The Bertz CT molecular complexity index is 505. The van der Waals surface area contributed by atoms with Crippen molar-refractivity contribution in [3.8, 4) is 0 Å². The smallest absolute Gasteiger partial charge is 0.223 e. The SMILES string of the molecule is O=C(NCC(c1ccc(F)cc1)N1CCCCC1)C1CCCC1. The molecule has 1 heterocycles. The predicted octanol–water partition coefficient (Wildman–Crippen LogP) is 3.66. The fourth-order valence-electron chi connectivity index (χ4n) is 3.90. The van der Waals surface area contributed by atoms with E-state index in [-0.39, 0.29) is 23.7 Å². The van der Waals surface area contributed by atoms with Crippen LogP contribution in [0.4, 0.5) is 4.39 Å². The number of hydrogen-bond acceptors (Lipinski definition) is 2. The van der Waals surface area contributed by atoms with Gasteiger partial charge >= 0.3 is 0 Å². The van der Waals surface area contributed by atoms with Gasteiger partial charge in [0.25, 0.3) is 0 Å². The molecule has 23 heavy (non-hydrogen) atoms. The Morgan fingerprint density at radius 2 is 1.74 bits per heavy atom. The zero-order valence-electron chi connectivity index (χ0n) is 13.8. The maximum atomic E-state index is 13.2. The third-order valence-electron chi connectivity index (χ3n) is 5.28. The highest BCUT2D eigenvalue weighted by Gasteiger charge is 2.26. The van der Waals surface area contributed by atoms with Crippen LogP contribution < -0.4 is 5.32 Å². The van der Waals surface area contributed by atoms with Crippen molar-refractivity contribution >= 4 is 5.91 Å². The standard InChI is InChI=1S/C19H27FN2O/c20-17-10-8-15(9-11-17)18(22-12-4-1-5-13-22)14-21-19(23)16-6-2-3-7-16/h8-11,16,18H,1-7,12-14H2,(H,21,23). The molecular formula is C19H27FN2O. The fraction of sp³-hybridized carbons (Fsp3) is 0.632. The van der Waals surface area contributed by atoms with E-state index in [0.717, 1.165) is 31.5 Å². The topological polar surface area (TPSA) is 32.3 Å². The third kappa shape index (κ3) is 4.31. The quantitative estimate of drug-likeness (QED) is 0.898. The minimum absolute atomic E-state index is 0.154. The molecule has 2 fully saturated rings. The molecule has 1 unspecified atom stereocenters. The Balaban J connectivity index is 1.66. The Labute approximate surface area is 138 Å². The van der Waals surface area contributed by atoms with Crippen LogP contribution in [0.25, 0.3) is 0 Å². The van der Waals surface area contributed by atoms with E-state index in [9.17, 15) is 9.18 Å². The second-order valence-corrected chi connectivity index (χ2v) is 6.89. The maximum Gasteiger partial charge on any atom is 0.223 e. The first-order chi connectivity index (χ1) is 11.2. The lowest BCUT2D eigenvalue weighted by molar-refractivity contribution is -0.125. The van der Waals surface area contributed by atoms with Gasteiger partial charge in [-0.2, -0.15) is 0 Å². The monoisotopic (exact) mass is 318 g/mol. The number of rotatable bonds is 5. The van der Waals surface area contributed by atoms with Crippen LogP contribution in [0.5, 0.6) is 0 Å². The molecule has 4 heteroatoms. The number of nitrogens with one attached hydrogen (secondary N) is 1. The van der Waals surface area contributed by atoms with Crippen molar-refractivity contribution < 1.29 is 9.18 Å². The van der Waals surface area contributed by atoms with E-state index in [4.69, 9.17) is 0 Å². The molecule has 1 N–H and O–H groups in total. The molecule has 1 aromatic carbocycles. The molecule has 1 aliphatic heterocycles. The van der Waals surface area contributed by atoms with Gasteiger partial charge in [-0.1, -0.05) is 31.4 Å². The molecule has 0 aromatic heterocycles. The number of amides is 1. The van der Waals surface area contributed by atoms with Gasteiger partial charge in [-0.25, -0.2) is 4.39 Å². The first kappa shape index (κ1) is 16.4. The summed E-state index contributed by atoms with van der Waals surface area (Å²) in [4.78, 5) is 14.8. The number of carbonyl (C=O) groups is 1. The van der Waals surface area contributed by atoms with E-state index >= 15 is 0 Å². The molecule has 1 saturated carbocycles. The van der Waals surface area contributed by atoms with Crippen LogP contribution in [0.2, 0.25) is 0 Å². The van der Waals surface area contributed by atoms with Crippen molar-refractivity contribution in [2.24, 2.45) is 5.92 Å². The molecule has 2 aliphatic rings. The molecule has 0 radical (unpaired) electrons. The minimum Gasteiger partial charge on any atom is -0.354 e. The van der Waals surface area contributed by atoms with E-state index in [1.165, 1.54) is 44.2 Å². The molecule has 1 aromatic rings. The van der Waals surface area contributed by atoms with E-state index < -0.39 is 0 Å². The summed E-state index contributed by atoms with van der Waals surface area (Å²) in [6.07, 6.45) is 8.08. The summed E-state index contributed by atoms with van der Waals surface area (Å²) in [6, 6.07) is 6.91. The number of hydrogen-bond donors (Lipinski definition) is 1. The van der Waals surface area contributed by atoms with Crippen LogP contribution in [0.3, 0.4) is 0 Å². The molecule has 1 aliphatic carbocycles. The zero-order chi connectivity index (χ0) is 16.1. The van der Waals surface area contributed by atoms with Gasteiger partial charge in [0, 0.05) is 12.5 Å². The first-order valence-electron chi connectivity index (χ1n) is 9.01. The van der Waals surface area contributed by atoms with Gasteiger partial charge in [-0.05, 0) is 56.5 Å². The van der Waals surface area contributed by atoms with Crippen molar-refractivity contribution in [2.75, 3.05) is 19.6 Å². The Hall–Kier alpha value is -1.42. The fourth-order valence-corrected chi connectivity index (χ4v) is 3.90. The summed E-state index contributed by atoms with van der Waals surface area (Å²) in [6.45, 7) is 2.74. The molecular weight excluding hydrogens is 291 g/mol. The molecule has 1 atom stereocenters. The lowest BCUT2D eigenvalue weighted by Gasteiger charge is -2.35. The van der Waals surface area contributed by atoms with Crippen molar-refractivity contribution in [2.45, 2.75) is 51.0 Å². The van der Waals surface area contributed by atoms with E-state index in [1.807, 2.05) is 12.1 Å². The lowest BCUT2D eigenvalue weighted by atomic mass is 10.0. The van der Waals surface area contributed by atoms with Gasteiger partial charge in [0.1, 0.15) is 5.82 Å². The molecule has 3 nitrogen and oxygen atoms in total. The largest absolute Gasteiger partial charge is 0.354 e. The Morgan fingerprint density at radius 3 is 2.39 bits per heavy atom. The Kier molecular flexibility index (Phi) is 5.65. The summed E-state index contributed by atoms with van der Waals surface area (Å²) >= 11 is 0. The number of likely N-dealkylation sites (tertiary alicyclic amines) is 1. The number of halogens is 1. The second kappa shape index (κ2) is 7.91. The summed E-state index contributed by atoms with van der Waals surface area (Å²) in [5, 5.41) is 3.16. The summed E-state index contributed by atoms with van der Waals surface area (Å²) in [5.41, 5.74) is 1.10. The van der Waals surface area contributed by atoms with E-state index in [2.05, 4.69) is 10.2 Å². The highest BCUT2D eigenvalue weighted by atomic mass is 19.1. The Morgan fingerprint density at radius 1 is 1.09 bits per heavy atom. The van der Waals surface area contributed by atoms with E-state index in [0.29, 0.717) is 6.54 Å². The van der Waals surface area contributed by atoms with Gasteiger partial charge in [-0.3, -0.25) is 9.69 Å². The lowest BCUT2D eigenvalue weighted by Crippen LogP contribution is -2.41. The molecule has 1 saturated heterocycles. The number of piperidine rings is 1. The first-order valence-corrected chi connectivity index (χ1v) is 9.01. The van der Waals surface area contributed by atoms with Gasteiger partial charge in [0.2, 0.25) is 5.91 Å². The van der Waals surface area contributed by atoms with Gasteiger partial charge < -0.3 is 5.32 Å². The van der Waals surface area contributed by atoms with Crippen LogP contribution >= 0.6 is 0 Å². The number of carbonyl (C=O) groups excluding carboxylic acids is 1. The highest BCUT2D eigenvalue weighted by molar-refractivity contribution is 5.78. The summed E-state index contributed by atoms with van der Waals surface area (Å²) in [7, 11) is 0. The summed E-state index contributed by atoms with van der Waals surface area (Å²) < 4.78 is 13.2. The second-order valence-electron chi connectivity index (χ2n) is 6.89. The van der Waals surface area contributed by atoms with Crippen LogP contribution in [0, 0.1) is 11.7 Å². The third-order valence-corrected chi connectivity index (χ3v) is 5.28. The maximum absolute atomic E-state index is 13.2. The molecule has 0 bridgehead atoms. The van der Waals surface area contributed by atoms with Crippen LogP contribution in [0.1, 0.15) is 56.6 Å². The molecule has 3 rings (SSSR count). The zero-order valence-corrected chi connectivity index (χ0v) is 13.8. The highest BCUT2D eigenvalue weighted by Crippen LogP contribution is 2.27. The van der Waals surface area contributed by atoms with Gasteiger partial charge in [0.15, 0.2) is 0 Å². The van der Waals surface area contributed by atoms with Crippen LogP contribution in [0.15, 0.2) is 24.3 Å². The van der Waals surface area contributed by atoms with Gasteiger partial charge in [0.05, 0.1) is 6.04 Å². The van der Waals surface area contributed by atoms with Crippen LogP contribution in [-0.4, -0.2) is 30.4 Å². The van der Waals surface area contributed by atoms with Crippen molar-refractivity contribution in [3.05, 3.63) is 35.6 Å². The van der Waals surface area contributed by atoms with Crippen molar-refractivity contribution in [1.82, 2.24) is 10.2 Å². The average molecular weight is 318 g/mol. The summed E-state index contributed by atoms with van der Waals surface area (Å²) in [5.74, 6) is 0.193. The predicted molar refractivity (Wildman–Crippen MR) is 89.5 cm³/mol. The molecule has 1 amide bonds. The van der Waals surface area contributed by atoms with E-state index in [1.54, 1.807) is 0 Å².